The van der Waals surface area contributed by atoms with Gasteiger partial charge in [0.1, 0.15) is 0 Å². The lowest BCUT2D eigenvalue weighted by Gasteiger charge is -2.28. The fourth-order valence-electron chi connectivity index (χ4n) is 1.89. The first-order valence-electron chi connectivity index (χ1n) is 5.73. The molecule has 0 aromatic heterocycles. The molecule has 0 N–H and O–H groups in total. The zero-order valence-corrected chi connectivity index (χ0v) is 10.0. The van der Waals surface area contributed by atoms with Gasteiger partial charge >= 0.3 is 0 Å². The number of benzene rings is 1. The van der Waals surface area contributed by atoms with E-state index in [2.05, 4.69) is 69.0 Å². The molecule has 16 heavy (non-hydrogen) atoms. The van der Waals surface area contributed by atoms with Crippen molar-refractivity contribution < 1.29 is 0 Å². The molecule has 2 rings (SSSR count). The molecule has 1 aliphatic rings. The summed E-state index contributed by atoms with van der Waals surface area (Å²) in [5, 5.41) is 0. The molecular formula is C16H18. The van der Waals surface area contributed by atoms with Gasteiger partial charge in [0, 0.05) is 5.41 Å². The summed E-state index contributed by atoms with van der Waals surface area (Å²) in [6, 6.07) is 10.5. The summed E-state index contributed by atoms with van der Waals surface area (Å²) in [5.74, 6) is 0. The monoisotopic (exact) mass is 210 g/mol. The lowest BCUT2D eigenvalue weighted by atomic mass is 9.76. The standard InChI is InChI=1S/C16H18/c1-13(2)16(3)11-9-15(10-12-16)14-7-5-4-6-8-14/h4-11H,1,12H2,2-3H3. The van der Waals surface area contributed by atoms with Crippen molar-refractivity contribution >= 4 is 5.57 Å². The van der Waals surface area contributed by atoms with Crippen molar-refractivity contribution in [2.45, 2.75) is 20.3 Å². The maximum absolute atomic E-state index is 4.07. The molecular weight excluding hydrogens is 192 g/mol. The molecule has 0 saturated heterocycles. The van der Waals surface area contributed by atoms with Crippen LogP contribution in [0.2, 0.25) is 0 Å². The fourth-order valence-corrected chi connectivity index (χ4v) is 1.89. The second-order valence-corrected chi connectivity index (χ2v) is 4.76. The van der Waals surface area contributed by atoms with Crippen LogP contribution in [0.5, 0.6) is 0 Å². The minimum Gasteiger partial charge on any atom is -0.0993 e. The number of rotatable bonds is 2. The van der Waals surface area contributed by atoms with Crippen molar-refractivity contribution in [2.75, 3.05) is 0 Å². The molecule has 0 bridgehead atoms. The van der Waals surface area contributed by atoms with Crippen molar-refractivity contribution in [1.29, 1.82) is 0 Å². The SMILES string of the molecule is C=C(C)C1(C)C=CC(c2ccccc2)=CC1. The Kier molecular flexibility index (Phi) is 2.82. The summed E-state index contributed by atoms with van der Waals surface area (Å²) in [7, 11) is 0. The van der Waals surface area contributed by atoms with Gasteiger partial charge < -0.3 is 0 Å². The van der Waals surface area contributed by atoms with Gasteiger partial charge in [0.2, 0.25) is 0 Å². The van der Waals surface area contributed by atoms with E-state index < -0.39 is 0 Å². The van der Waals surface area contributed by atoms with Crippen LogP contribution in [0.15, 0.2) is 60.7 Å². The molecule has 0 heteroatoms. The maximum atomic E-state index is 4.07. The molecule has 0 radical (unpaired) electrons. The normalized spacial score (nSPS) is 24.0. The van der Waals surface area contributed by atoms with Gasteiger partial charge in [0.05, 0.1) is 0 Å². The highest BCUT2D eigenvalue weighted by molar-refractivity contribution is 5.75. The van der Waals surface area contributed by atoms with E-state index in [-0.39, 0.29) is 5.41 Å². The largest absolute Gasteiger partial charge is 0.0993 e. The van der Waals surface area contributed by atoms with Gasteiger partial charge in [-0.25, -0.2) is 0 Å². The first-order valence-corrected chi connectivity index (χ1v) is 5.73. The van der Waals surface area contributed by atoms with Crippen LogP contribution in [0.25, 0.3) is 5.57 Å². The van der Waals surface area contributed by atoms with E-state index in [1.54, 1.807) is 0 Å². The van der Waals surface area contributed by atoms with Crippen LogP contribution in [0.1, 0.15) is 25.8 Å². The summed E-state index contributed by atoms with van der Waals surface area (Å²) in [6.45, 7) is 8.41. The van der Waals surface area contributed by atoms with Gasteiger partial charge in [-0.3, -0.25) is 0 Å². The van der Waals surface area contributed by atoms with Gasteiger partial charge in [-0.2, -0.15) is 0 Å². The second kappa shape index (κ2) is 4.13. The molecule has 1 unspecified atom stereocenters. The van der Waals surface area contributed by atoms with E-state index in [4.69, 9.17) is 0 Å². The van der Waals surface area contributed by atoms with E-state index >= 15 is 0 Å². The van der Waals surface area contributed by atoms with E-state index in [0.717, 1.165) is 6.42 Å². The predicted octanol–water partition coefficient (Wildman–Crippen LogP) is 4.61. The van der Waals surface area contributed by atoms with Crippen molar-refractivity contribution in [3.63, 3.8) is 0 Å². The first-order chi connectivity index (χ1) is 7.62. The third kappa shape index (κ3) is 2.01. The molecule has 1 aromatic carbocycles. The van der Waals surface area contributed by atoms with Crippen LogP contribution in [-0.4, -0.2) is 0 Å². The average molecular weight is 210 g/mol. The van der Waals surface area contributed by atoms with Crippen LogP contribution in [0.3, 0.4) is 0 Å². The molecule has 0 saturated carbocycles. The van der Waals surface area contributed by atoms with Crippen molar-refractivity contribution in [3.05, 3.63) is 66.3 Å². The lowest BCUT2D eigenvalue weighted by Crippen LogP contribution is -2.15. The predicted molar refractivity (Wildman–Crippen MR) is 71.1 cm³/mol. The Hall–Kier alpha value is -1.56. The lowest BCUT2D eigenvalue weighted by molar-refractivity contribution is 0.521. The van der Waals surface area contributed by atoms with Crippen molar-refractivity contribution in [3.8, 4) is 0 Å². The molecule has 0 amide bonds. The highest BCUT2D eigenvalue weighted by atomic mass is 14.3. The zero-order chi connectivity index (χ0) is 11.6. The van der Waals surface area contributed by atoms with Gasteiger partial charge in [-0.1, -0.05) is 67.6 Å². The molecule has 0 heterocycles. The summed E-state index contributed by atoms with van der Waals surface area (Å²) in [5.41, 5.74) is 3.98. The fraction of sp³-hybridized carbons (Fsp3) is 0.250. The van der Waals surface area contributed by atoms with Crippen LogP contribution in [0, 0.1) is 5.41 Å². The van der Waals surface area contributed by atoms with Gasteiger partial charge in [-0.15, -0.1) is 0 Å². The van der Waals surface area contributed by atoms with Crippen LogP contribution in [-0.2, 0) is 0 Å². The van der Waals surface area contributed by atoms with Gasteiger partial charge in [0.25, 0.3) is 0 Å². The van der Waals surface area contributed by atoms with Crippen LogP contribution >= 0.6 is 0 Å². The van der Waals surface area contributed by atoms with E-state index in [9.17, 15) is 0 Å². The zero-order valence-electron chi connectivity index (χ0n) is 10.0. The molecule has 0 spiro atoms. The summed E-state index contributed by atoms with van der Waals surface area (Å²) in [6.07, 6.45) is 7.85. The van der Waals surface area contributed by atoms with Gasteiger partial charge in [-0.05, 0) is 24.5 Å². The topological polar surface area (TPSA) is 0 Å². The molecule has 0 nitrogen and oxygen atoms in total. The summed E-state index contributed by atoms with van der Waals surface area (Å²) < 4.78 is 0. The third-order valence-corrected chi connectivity index (χ3v) is 3.46. The number of allylic oxidation sites excluding steroid dienone is 5. The molecule has 0 fully saturated rings. The quantitative estimate of drug-likeness (QED) is 0.625. The van der Waals surface area contributed by atoms with Crippen molar-refractivity contribution in [2.24, 2.45) is 5.41 Å². The minimum atomic E-state index is 0.137. The summed E-state index contributed by atoms with van der Waals surface area (Å²) >= 11 is 0. The second-order valence-electron chi connectivity index (χ2n) is 4.76. The van der Waals surface area contributed by atoms with Crippen LogP contribution in [0.4, 0.5) is 0 Å². The smallest absolute Gasteiger partial charge is 0.00950 e. The Bertz CT molecular complexity index is 448. The number of hydrogen-bond acceptors (Lipinski definition) is 0. The molecule has 0 aliphatic heterocycles. The van der Waals surface area contributed by atoms with Crippen LogP contribution < -0.4 is 0 Å². The average Bonchev–Trinajstić information content (AvgIpc) is 2.31. The minimum absolute atomic E-state index is 0.137. The maximum Gasteiger partial charge on any atom is 0.00950 e. The summed E-state index contributed by atoms with van der Waals surface area (Å²) in [4.78, 5) is 0. The molecule has 1 aromatic rings. The van der Waals surface area contributed by atoms with E-state index in [1.807, 2.05) is 0 Å². The Morgan fingerprint density at radius 3 is 2.44 bits per heavy atom. The van der Waals surface area contributed by atoms with E-state index in [1.165, 1.54) is 16.7 Å². The van der Waals surface area contributed by atoms with E-state index in [0.29, 0.717) is 0 Å². The Morgan fingerprint density at radius 1 is 1.25 bits per heavy atom. The Balaban J connectivity index is 2.23. The highest BCUT2D eigenvalue weighted by Gasteiger charge is 2.23. The van der Waals surface area contributed by atoms with Crippen molar-refractivity contribution in [1.82, 2.24) is 0 Å². The Labute approximate surface area is 98.0 Å². The first kappa shape index (κ1) is 10.9. The molecule has 1 atom stereocenters. The molecule has 82 valence electrons. The van der Waals surface area contributed by atoms with Gasteiger partial charge in [0.15, 0.2) is 0 Å². The third-order valence-electron chi connectivity index (χ3n) is 3.46. The Morgan fingerprint density at radius 2 is 1.94 bits per heavy atom. The highest BCUT2D eigenvalue weighted by Crippen LogP contribution is 2.37. The number of hydrogen-bond donors (Lipinski definition) is 0. The molecule has 1 aliphatic carbocycles.